The summed E-state index contributed by atoms with van der Waals surface area (Å²) in [7, 11) is 1.60. The first-order valence-corrected chi connectivity index (χ1v) is 13.6. The molecule has 0 bridgehead atoms. The summed E-state index contributed by atoms with van der Waals surface area (Å²) >= 11 is 1.77. The Morgan fingerprint density at radius 3 is 2.79 bits per heavy atom. The van der Waals surface area contributed by atoms with Crippen molar-refractivity contribution in [1.82, 2.24) is 9.97 Å². The number of pyridine rings is 1. The predicted molar refractivity (Wildman–Crippen MR) is 152 cm³/mol. The molecule has 2 N–H and O–H groups in total. The van der Waals surface area contributed by atoms with Crippen LogP contribution < -0.4 is 20.3 Å². The molecule has 1 fully saturated rings. The summed E-state index contributed by atoms with van der Waals surface area (Å²) < 4.78 is 16.0. The number of hydrogen-bond acceptors (Lipinski definition) is 9. The third kappa shape index (κ3) is 7.93. The molecule has 202 valence electrons. The second-order valence-corrected chi connectivity index (χ2v) is 10.0. The average Bonchev–Trinajstić information content (AvgIpc) is 3.42. The lowest BCUT2D eigenvalue weighted by Gasteiger charge is -2.29. The van der Waals surface area contributed by atoms with E-state index in [0.717, 1.165) is 60.1 Å². The van der Waals surface area contributed by atoms with E-state index < -0.39 is 6.09 Å². The van der Waals surface area contributed by atoms with Crippen molar-refractivity contribution in [2.75, 3.05) is 55.6 Å². The van der Waals surface area contributed by atoms with Gasteiger partial charge in [-0.1, -0.05) is 19.6 Å². The lowest BCUT2D eigenvalue weighted by molar-refractivity contribution is 0.122. The van der Waals surface area contributed by atoms with Gasteiger partial charge in [0.25, 0.3) is 0 Å². The van der Waals surface area contributed by atoms with E-state index in [1.54, 1.807) is 24.5 Å². The Hall–Kier alpha value is -3.63. The monoisotopic (exact) mass is 537 g/mol. The maximum atomic E-state index is 12.0. The molecule has 0 atom stereocenters. The lowest BCUT2D eigenvalue weighted by atomic mass is 10.1. The smallest absolute Gasteiger partial charge is 0.411 e. The van der Waals surface area contributed by atoms with Crippen molar-refractivity contribution in [3.63, 3.8) is 0 Å². The fraction of sp³-hybridized carbons (Fsp3) is 0.393. The SMILES string of the molecule is C=CCOC(=O)Nc1cc(CNc2cc(N3CCOCC3)cc(CCc3ncc(CC)s3)n2)cc(OC)c1. The van der Waals surface area contributed by atoms with Crippen molar-refractivity contribution in [2.24, 2.45) is 0 Å². The first kappa shape index (κ1) is 27.4. The molecule has 4 rings (SSSR count). The molecule has 1 amide bonds. The third-order valence-corrected chi connectivity index (χ3v) is 7.24. The Morgan fingerprint density at radius 2 is 2.05 bits per heavy atom. The highest BCUT2D eigenvalue weighted by molar-refractivity contribution is 7.11. The number of rotatable bonds is 12. The second kappa shape index (κ2) is 13.8. The molecule has 0 radical (unpaired) electrons. The molecule has 1 aromatic carbocycles. The molecule has 0 saturated carbocycles. The van der Waals surface area contributed by atoms with Crippen LogP contribution in [0.5, 0.6) is 5.75 Å². The standard InChI is InChI=1S/C28H35N5O4S/c1-4-10-37-28(34)32-22-13-20(14-24(16-22)35-3)18-29-26-17-23(33-8-11-36-12-9-33)15-21(31-26)6-7-27-30-19-25(5-2)38-27/h4,13-17,19H,1,5-12,18H2,2-3H3,(H,29,31)(H,32,34). The van der Waals surface area contributed by atoms with Crippen LogP contribution in [-0.2, 0) is 35.3 Å². The molecule has 1 aliphatic heterocycles. The van der Waals surface area contributed by atoms with Gasteiger partial charge in [0.2, 0.25) is 0 Å². The number of nitrogens with one attached hydrogen (secondary N) is 2. The number of carbonyl (C=O) groups is 1. The molecule has 3 aromatic rings. The second-order valence-electron chi connectivity index (χ2n) is 8.81. The van der Waals surface area contributed by atoms with Crippen LogP contribution in [0.25, 0.3) is 0 Å². The molecule has 2 aromatic heterocycles. The molecule has 1 saturated heterocycles. The zero-order valence-electron chi connectivity index (χ0n) is 22.0. The maximum Gasteiger partial charge on any atom is 0.411 e. The predicted octanol–water partition coefficient (Wildman–Crippen LogP) is 5.08. The van der Waals surface area contributed by atoms with Crippen LogP contribution in [0.3, 0.4) is 0 Å². The van der Waals surface area contributed by atoms with E-state index in [9.17, 15) is 4.79 Å². The summed E-state index contributed by atoms with van der Waals surface area (Å²) in [4.78, 5) is 25.1. The molecule has 9 nitrogen and oxygen atoms in total. The number of aryl methyl sites for hydroxylation is 3. The van der Waals surface area contributed by atoms with Crippen LogP contribution in [-0.4, -0.2) is 56.1 Å². The molecular weight excluding hydrogens is 502 g/mol. The van der Waals surface area contributed by atoms with Gasteiger partial charge in [0.05, 0.1) is 25.3 Å². The Morgan fingerprint density at radius 1 is 1.21 bits per heavy atom. The number of nitrogens with zero attached hydrogens (tertiary/aromatic N) is 3. The van der Waals surface area contributed by atoms with Crippen molar-refractivity contribution in [1.29, 1.82) is 0 Å². The molecule has 0 spiro atoms. The quantitative estimate of drug-likeness (QED) is 0.309. The number of amides is 1. The van der Waals surface area contributed by atoms with Gasteiger partial charge in [-0.05, 0) is 36.6 Å². The largest absolute Gasteiger partial charge is 0.497 e. The Balaban J connectivity index is 1.49. The van der Waals surface area contributed by atoms with Crippen LogP contribution >= 0.6 is 11.3 Å². The van der Waals surface area contributed by atoms with Crippen molar-refractivity contribution in [3.05, 3.63) is 70.3 Å². The summed E-state index contributed by atoms with van der Waals surface area (Å²) in [6.45, 7) is 9.48. The van der Waals surface area contributed by atoms with E-state index in [2.05, 4.69) is 46.2 Å². The maximum absolute atomic E-state index is 12.0. The van der Waals surface area contributed by atoms with E-state index in [-0.39, 0.29) is 6.61 Å². The van der Waals surface area contributed by atoms with Gasteiger partial charge in [0.15, 0.2) is 0 Å². The van der Waals surface area contributed by atoms with Gasteiger partial charge in [0, 0.05) is 66.3 Å². The molecule has 10 heteroatoms. The van der Waals surface area contributed by atoms with Crippen LogP contribution in [0.1, 0.15) is 28.1 Å². The van der Waals surface area contributed by atoms with E-state index in [1.807, 2.05) is 18.3 Å². The summed E-state index contributed by atoms with van der Waals surface area (Å²) in [5.41, 5.74) is 3.66. The topological polar surface area (TPSA) is 97.8 Å². The zero-order chi connectivity index (χ0) is 26.7. The number of morpholine rings is 1. The minimum atomic E-state index is -0.548. The van der Waals surface area contributed by atoms with E-state index in [1.165, 1.54) is 11.0 Å². The van der Waals surface area contributed by atoms with Crippen LogP contribution in [0.15, 0.2) is 49.2 Å². The zero-order valence-corrected chi connectivity index (χ0v) is 22.8. The van der Waals surface area contributed by atoms with E-state index >= 15 is 0 Å². The first-order chi connectivity index (χ1) is 18.6. The van der Waals surface area contributed by atoms with Gasteiger partial charge in [-0.15, -0.1) is 11.3 Å². The normalized spacial score (nSPS) is 13.2. The van der Waals surface area contributed by atoms with Crippen molar-refractivity contribution in [2.45, 2.75) is 32.7 Å². The molecule has 0 unspecified atom stereocenters. The van der Waals surface area contributed by atoms with Gasteiger partial charge in [-0.3, -0.25) is 5.32 Å². The lowest BCUT2D eigenvalue weighted by Crippen LogP contribution is -2.36. The Bertz CT molecular complexity index is 1230. The molecule has 3 heterocycles. The third-order valence-electron chi connectivity index (χ3n) is 6.04. The Kier molecular flexibility index (Phi) is 9.94. The fourth-order valence-electron chi connectivity index (χ4n) is 4.09. The van der Waals surface area contributed by atoms with Crippen molar-refractivity contribution in [3.8, 4) is 5.75 Å². The summed E-state index contributed by atoms with van der Waals surface area (Å²) in [5.74, 6) is 1.43. The molecular formula is C28H35N5O4S. The number of anilines is 3. The first-order valence-electron chi connectivity index (χ1n) is 12.8. The minimum Gasteiger partial charge on any atom is -0.497 e. The van der Waals surface area contributed by atoms with Crippen molar-refractivity contribution < 1.29 is 19.0 Å². The van der Waals surface area contributed by atoms with Gasteiger partial charge >= 0.3 is 6.09 Å². The van der Waals surface area contributed by atoms with Crippen LogP contribution in [0, 0.1) is 0 Å². The highest BCUT2D eigenvalue weighted by Crippen LogP contribution is 2.25. The van der Waals surface area contributed by atoms with Crippen molar-refractivity contribution >= 4 is 34.6 Å². The number of aromatic nitrogens is 2. The van der Waals surface area contributed by atoms with Gasteiger partial charge < -0.3 is 24.4 Å². The molecule has 0 aliphatic carbocycles. The number of hydrogen-bond donors (Lipinski definition) is 2. The minimum absolute atomic E-state index is 0.139. The van der Waals surface area contributed by atoms with Gasteiger partial charge in [0.1, 0.15) is 18.2 Å². The number of methoxy groups -OCH3 is 1. The summed E-state index contributed by atoms with van der Waals surface area (Å²) in [6, 6.07) is 9.81. The Labute approximate surface area is 227 Å². The summed E-state index contributed by atoms with van der Waals surface area (Å²) in [5, 5.41) is 7.33. The number of carbonyl (C=O) groups excluding carboxylic acids is 1. The van der Waals surface area contributed by atoms with E-state index in [0.29, 0.717) is 31.2 Å². The average molecular weight is 538 g/mol. The van der Waals surface area contributed by atoms with Crippen LogP contribution in [0.4, 0.5) is 22.0 Å². The molecule has 38 heavy (non-hydrogen) atoms. The van der Waals surface area contributed by atoms with Gasteiger partial charge in [-0.25, -0.2) is 14.8 Å². The number of ether oxygens (including phenoxy) is 3. The molecule has 1 aliphatic rings. The fourth-order valence-corrected chi connectivity index (χ4v) is 4.95. The van der Waals surface area contributed by atoms with E-state index in [4.69, 9.17) is 19.2 Å². The van der Waals surface area contributed by atoms with Gasteiger partial charge in [-0.2, -0.15) is 0 Å². The summed E-state index contributed by atoms with van der Waals surface area (Å²) in [6.07, 6.45) is 5.62. The number of thiazole rings is 1. The highest BCUT2D eigenvalue weighted by atomic mass is 32.1. The van der Waals surface area contributed by atoms with Crippen LogP contribution in [0.2, 0.25) is 0 Å². The number of benzene rings is 1. The highest BCUT2D eigenvalue weighted by Gasteiger charge is 2.15.